The molecule has 2 rings (SSSR count). The predicted molar refractivity (Wildman–Crippen MR) is 73.2 cm³/mol. The molecule has 1 N–H and O–H groups in total. The summed E-state index contributed by atoms with van der Waals surface area (Å²) >= 11 is 11.5. The van der Waals surface area contributed by atoms with Crippen molar-refractivity contribution in [3.63, 3.8) is 0 Å². The van der Waals surface area contributed by atoms with Gasteiger partial charge in [0.15, 0.2) is 0 Å². The van der Waals surface area contributed by atoms with Crippen LogP contribution in [0.5, 0.6) is 0 Å². The van der Waals surface area contributed by atoms with Crippen LogP contribution in [0.4, 0.5) is 0 Å². The van der Waals surface area contributed by atoms with E-state index in [-0.39, 0.29) is 10.8 Å². The first-order chi connectivity index (χ1) is 7.99. The Morgan fingerprint density at radius 1 is 1.53 bits per heavy atom. The molecule has 0 unspecified atom stereocenters. The SMILES string of the molecule is O=S(=O)(NCc1cncs1)c1cc(Cl)c(Br)s1. The molecule has 2 heterocycles. The highest BCUT2D eigenvalue weighted by Crippen LogP contribution is 2.34. The molecule has 0 aromatic carbocycles. The van der Waals surface area contributed by atoms with E-state index in [0.717, 1.165) is 16.2 Å². The van der Waals surface area contributed by atoms with Crippen LogP contribution in [0.3, 0.4) is 0 Å². The Morgan fingerprint density at radius 2 is 2.29 bits per heavy atom. The zero-order chi connectivity index (χ0) is 12.5. The van der Waals surface area contributed by atoms with Gasteiger partial charge in [0.25, 0.3) is 0 Å². The van der Waals surface area contributed by atoms with Crippen molar-refractivity contribution < 1.29 is 8.42 Å². The van der Waals surface area contributed by atoms with E-state index in [2.05, 4.69) is 25.6 Å². The molecule has 92 valence electrons. The molecule has 0 radical (unpaired) electrons. The maximum Gasteiger partial charge on any atom is 0.250 e. The molecule has 0 fully saturated rings. The van der Waals surface area contributed by atoms with Gasteiger partial charge in [-0.25, -0.2) is 13.1 Å². The maximum absolute atomic E-state index is 11.9. The number of hydrogen-bond donors (Lipinski definition) is 1. The minimum Gasteiger partial charge on any atom is -0.253 e. The normalized spacial score (nSPS) is 11.9. The van der Waals surface area contributed by atoms with Crippen LogP contribution in [0.2, 0.25) is 5.02 Å². The Bertz CT molecular complexity index is 589. The maximum atomic E-state index is 11.9. The Balaban J connectivity index is 2.14. The van der Waals surface area contributed by atoms with Gasteiger partial charge in [-0.2, -0.15) is 0 Å². The van der Waals surface area contributed by atoms with Crippen LogP contribution in [0.25, 0.3) is 0 Å². The topological polar surface area (TPSA) is 59.1 Å². The molecule has 2 aromatic heterocycles. The number of nitrogens with zero attached hydrogens (tertiary/aromatic N) is 1. The van der Waals surface area contributed by atoms with E-state index < -0.39 is 10.0 Å². The van der Waals surface area contributed by atoms with E-state index in [4.69, 9.17) is 11.6 Å². The quantitative estimate of drug-likeness (QED) is 0.896. The number of rotatable bonds is 4. The summed E-state index contributed by atoms with van der Waals surface area (Å²) in [5.41, 5.74) is 1.65. The largest absolute Gasteiger partial charge is 0.253 e. The molecule has 0 amide bonds. The van der Waals surface area contributed by atoms with Crippen LogP contribution in [0.1, 0.15) is 4.88 Å². The highest BCUT2D eigenvalue weighted by Gasteiger charge is 2.18. The molecule has 0 spiro atoms. The van der Waals surface area contributed by atoms with Crippen molar-refractivity contribution in [1.82, 2.24) is 9.71 Å². The Morgan fingerprint density at radius 3 is 2.82 bits per heavy atom. The molecule has 0 saturated carbocycles. The lowest BCUT2D eigenvalue weighted by Crippen LogP contribution is -2.21. The second-order valence-corrected chi connectivity index (χ2v) is 8.72. The van der Waals surface area contributed by atoms with Crippen molar-refractivity contribution in [1.29, 1.82) is 0 Å². The first-order valence-electron chi connectivity index (χ1n) is 4.31. The van der Waals surface area contributed by atoms with Crippen molar-refractivity contribution in [3.8, 4) is 0 Å². The number of halogens is 2. The third-order valence-corrected chi connectivity index (χ3v) is 6.94. The Labute approximate surface area is 120 Å². The lowest BCUT2D eigenvalue weighted by Gasteiger charge is -2.01. The summed E-state index contributed by atoms with van der Waals surface area (Å²) in [4.78, 5) is 4.73. The van der Waals surface area contributed by atoms with Crippen molar-refractivity contribution in [2.75, 3.05) is 0 Å². The van der Waals surface area contributed by atoms with Gasteiger partial charge in [-0.1, -0.05) is 11.6 Å². The molecule has 0 bridgehead atoms. The van der Waals surface area contributed by atoms with E-state index in [9.17, 15) is 8.42 Å². The van der Waals surface area contributed by atoms with E-state index >= 15 is 0 Å². The fraction of sp³-hybridized carbons (Fsp3) is 0.125. The van der Waals surface area contributed by atoms with Crippen LogP contribution < -0.4 is 4.72 Å². The van der Waals surface area contributed by atoms with Crippen LogP contribution in [0, 0.1) is 0 Å². The predicted octanol–water partition coefficient (Wildman–Crippen LogP) is 3.10. The van der Waals surface area contributed by atoms with Crippen LogP contribution in [0.15, 0.2) is 25.8 Å². The Kier molecular flexibility index (Phi) is 4.22. The highest BCUT2D eigenvalue weighted by molar-refractivity contribution is 9.11. The van der Waals surface area contributed by atoms with Gasteiger partial charge in [-0.3, -0.25) is 4.98 Å². The number of thiophene rings is 1. The molecule has 2 aromatic rings. The molecule has 17 heavy (non-hydrogen) atoms. The second kappa shape index (κ2) is 5.33. The minimum atomic E-state index is -3.51. The molecule has 0 aliphatic heterocycles. The average molecular weight is 374 g/mol. The lowest BCUT2D eigenvalue weighted by atomic mass is 10.6. The number of hydrogen-bond acceptors (Lipinski definition) is 5. The van der Waals surface area contributed by atoms with Gasteiger partial charge >= 0.3 is 0 Å². The van der Waals surface area contributed by atoms with Crippen LogP contribution in [-0.4, -0.2) is 13.4 Å². The molecule has 0 atom stereocenters. The smallest absolute Gasteiger partial charge is 0.250 e. The fourth-order valence-electron chi connectivity index (χ4n) is 1.03. The monoisotopic (exact) mass is 372 g/mol. The summed E-state index contributed by atoms with van der Waals surface area (Å²) in [6.07, 6.45) is 1.63. The molecule has 0 aliphatic carbocycles. The van der Waals surface area contributed by atoms with Gasteiger partial charge in [0.1, 0.15) is 4.21 Å². The fourth-order valence-corrected chi connectivity index (χ4v) is 5.10. The standard InChI is InChI=1S/C8H6BrClN2O2S3/c9-8-6(10)1-7(16-8)17(13,14)12-3-5-2-11-4-15-5/h1-2,4,12H,3H2. The van der Waals surface area contributed by atoms with E-state index in [1.165, 1.54) is 17.4 Å². The number of sulfonamides is 1. The molecule has 9 heteroatoms. The van der Waals surface area contributed by atoms with Gasteiger partial charge < -0.3 is 0 Å². The lowest BCUT2D eigenvalue weighted by molar-refractivity contribution is 0.584. The minimum absolute atomic E-state index is 0.193. The molecule has 4 nitrogen and oxygen atoms in total. The van der Waals surface area contributed by atoms with Crippen molar-refractivity contribution in [3.05, 3.63) is 31.5 Å². The van der Waals surface area contributed by atoms with E-state index in [1.54, 1.807) is 11.7 Å². The summed E-state index contributed by atoms with van der Waals surface area (Å²) < 4.78 is 27.1. The number of aromatic nitrogens is 1. The van der Waals surface area contributed by atoms with Crippen molar-refractivity contribution in [2.45, 2.75) is 10.8 Å². The van der Waals surface area contributed by atoms with Gasteiger partial charge in [0.2, 0.25) is 10.0 Å². The molecular formula is C8H6BrClN2O2S3. The van der Waals surface area contributed by atoms with Crippen molar-refractivity contribution in [2.24, 2.45) is 0 Å². The van der Waals surface area contributed by atoms with E-state index in [0.29, 0.717) is 8.81 Å². The third-order valence-electron chi connectivity index (χ3n) is 1.81. The van der Waals surface area contributed by atoms with Gasteiger partial charge in [0.05, 0.1) is 14.3 Å². The summed E-state index contributed by atoms with van der Waals surface area (Å²) in [5, 5.41) is 0.396. The van der Waals surface area contributed by atoms with E-state index in [1.807, 2.05) is 0 Å². The van der Waals surface area contributed by atoms with Gasteiger partial charge in [0, 0.05) is 17.6 Å². The molecule has 0 aliphatic rings. The zero-order valence-electron chi connectivity index (χ0n) is 8.18. The first kappa shape index (κ1) is 13.4. The third kappa shape index (κ3) is 3.27. The second-order valence-electron chi connectivity index (χ2n) is 2.98. The Hall–Kier alpha value is 0.01000. The van der Waals surface area contributed by atoms with Gasteiger partial charge in [-0.05, 0) is 22.0 Å². The average Bonchev–Trinajstić information content (AvgIpc) is 2.87. The summed E-state index contributed by atoms with van der Waals surface area (Å²) in [6, 6.07) is 1.42. The summed E-state index contributed by atoms with van der Waals surface area (Å²) in [5.74, 6) is 0. The summed E-state index contributed by atoms with van der Waals surface area (Å²) in [7, 11) is -3.51. The zero-order valence-corrected chi connectivity index (χ0v) is 13.0. The van der Waals surface area contributed by atoms with Crippen molar-refractivity contribution >= 4 is 60.2 Å². The summed E-state index contributed by atoms with van der Waals surface area (Å²) in [6.45, 7) is 0.236. The highest BCUT2D eigenvalue weighted by atomic mass is 79.9. The van der Waals surface area contributed by atoms with Crippen LogP contribution in [-0.2, 0) is 16.6 Å². The first-order valence-corrected chi connectivity index (χ1v) is 8.66. The van der Waals surface area contributed by atoms with Gasteiger partial charge in [-0.15, -0.1) is 22.7 Å². The van der Waals surface area contributed by atoms with Crippen LogP contribution >= 0.6 is 50.2 Å². The number of thiazole rings is 1. The molecular weight excluding hydrogens is 368 g/mol. The molecule has 0 saturated heterocycles. The number of nitrogens with one attached hydrogen (secondary N) is 1.